The molecule has 1 atom stereocenters. The minimum atomic E-state index is -3.94. The number of ether oxygens (including phenoxy) is 2. The Balaban J connectivity index is 3.17. The maximum Gasteiger partial charge on any atom is 0.379 e. The van der Waals surface area contributed by atoms with Crippen LogP contribution in [0.4, 0.5) is 8.78 Å². The largest absolute Gasteiger partial charge is 0.465 e. The maximum absolute atomic E-state index is 13.9. The van der Waals surface area contributed by atoms with E-state index in [-0.39, 0.29) is 17.7 Å². The predicted octanol–water partition coefficient (Wildman–Crippen LogP) is 1.67. The number of methoxy groups -OCH3 is 1. The summed E-state index contributed by atoms with van der Waals surface area (Å²) >= 11 is 0. The fourth-order valence-electron chi connectivity index (χ4n) is 1.61. The van der Waals surface area contributed by atoms with Gasteiger partial charge in [-0.1, -0.05) is 18.2 Å². The molecule has 0 amide bonds. The first-order chi connectivity index (χ1) is 9.36. The Kier molecular flexibility index (Phi) is 5.15. The smallest absolute Gasteiger partial charge is 0.379 e. The number of nitrogens with two attached hydrogens (primary N) is 1. The molecule has 0 aromatic heterocycles. The normalized spacial score (nSPS) is 12.7. The first-order valence-electron chi connectivity index (χ1n) is 5.84. The molecule has 0 heterocycles. The molecular formula is C13H15F2NO4. The zero-order valence-corrected chi connectivity index (χ0v) is 11.1. The average Bonchev–Trinajstić information content (AvgIpc) is 2.45. The van der Waals surface area contributed by atoms with Crippen LogP contribution in [0, 0.1) is 0 Å². The van der Waals surface area contributed by atoms with Crippen molar-refractivity contribution in [1.29, 1.82) is 0 Å². The van der Waals surface area contributed by atoms with Crippen molar-refractivity contribution < 1.29 is 27.8 Å². The van der Waals surface area contributed by atoms with Crippen LogP contribution >= 0.6 is 0 Å². The van der Waals surface area contributed by atoms with Crippen LogP contribution < -0.4 is 5.73 Å². The van der Waals surface area contributed by atoms with Crippen LogP contribution in [0.15, 0.2) is 24.3 Å². The summed E-state index contributed by atoms with van der Waals surface area (Å²) in [5.74, 6) is -6.48. The number of carbonyl (C=O) groups is 2. The number of hydrogen-bond donors (Lipinski definition) is 1. The minimum absolute atomic E-state index is 0.119. The summed E-state index contributed by atoms with van der Waals surface area (Å²) in [5.41, 5.74) is 5.14. The minimum Gasteiger partial charge on any atom is -0.465 e. The van der Waals surface area contributed by atoms with E-state index in [1.165, 1.54) is 31.2 Å². The number of halogens is 2. The van der Waals surface area contributed by atoms with Gasteiger partial charge in [-0.05, 0) is 18.6 Å². The molecule has 0 saturated heterocycles. The van der Waals surface area contributed by atoms with Crippen LogP contribution in [0.5, 0.6) is 0 Å². The van der Waals surface area contributed by atoms with Crippen molar-refractivity contribution >= 4 is 11.9 Å². The van der Waals surface area contributed by atoms with Crippen molar-refractivity contribution in [3.8, 4) is 0 Å². The Morgan fingerprint density at radius 3 is 2.50 bits per heavy atom. The second-order valence-corrected chi connectivity index (χ2v) is 3.90. The molecule has 5 nitrogen and oxygen atoms in total. The van der Waals surface area contributed by atoms with Gasteiger partial charge in [0.15, 0.2) is 0 Å². The van der Waals surface area contributed by atoms with Crippen LogP contribution in [0.3, 0.4) is 0 Å². The molecule has 1 rings (SSSR count). The highest BCUT2D eigenvalue weighted by Gasteiger charge is 2.48. The van der Waals surface area contributed by atoms with E-state index in [1.807, 2.05) is 0 Å². The lowest BCUT2D eigenvalue weighted by atomic mass is 9.96. The molecular weight excluding hydrogens is 272 g/mol. The highest BCUT2D eigenvalue weighted by atomic mass is 19.3. The second kappa shape index (κ2) is 6.42. The molecule has 7 heteroatoms. The van der Waals surface area contributed by atoms with Crippen LogP contribution in [-0.4, -0.2) is 31.6 Å². The molecule has 0 aliphatic rings. The molecule has 0 spiro atoms. The molecule has 0 saturated carbocycles. The molecule has 0 fully saturated rings. The highest BCUT2D eigenvalue weighted by molar-refractivity contribution is 5.91. The molecule has 0 radical (unpaired) electrons. The van der Waals surface area contributed by atoms with E-state index in [4.69, 9.17) is 5.73 Å². The first-order valence-corrected chi connectivity index (χ1v) is 5.84. The summed E-state index contributed by atoms with van der Waals surface area (Å²) < 4.78 is 36.5. The van der Waals surface area contributed by atoms with Crippen LogP contribution in [-0.2, 0) is 14.3 Å². The van der Waals surface area contributed by atoms with Gasteiger partial charge in [0.1, 0.15) is 6.04 Å². The molecule has 2 N–H and O–H groups in total. The van der Waals surface area contributed by atoms with Gasteiger partial charge in [0.05, 0.1) is 19.3 Å². The van der Waals surface area contributed by atoms with E-state index >= 15 is 0 Å². The number of benzene rings is 1. The van der Waals surface area contributed by atoms with Gasteiger partial charge >= 0.3 is 17.9 Å². The van der Waals surface area contributed by atoms with Gasteiger partial charge in [0, 0.05) is 0 Å². The molecule has 1 aromatic rings. The highest BCUT2D eigenvalue weighted by Crippen LogP contribution is 2.32. The van der Waals surface area contributed by atoms with Crippen molar-refractivity contribution in [2.45, 2.75) is 18.9 Å². The summed E-state index contributed by atoms with van der Waals surface area (Å²) in [7, 11) is 1.12. The van der Waals surface area contributed by atoms with Crippen molar-refractivity contribution in [2.75, 3.05) is 13.7 Å². The lowest BCUT2D eigenvalue weighted by Crippen LogP contribution is -2.42. The van der Waals surface area contributed by atoms with Crippen LogP contribution in [0.2, 0.25) is 0 Å². The van der Waals surface area contributed by atoms with Crippen molar-refractivity contribution in [2.24, 2.45) is 5.73 Å². The zero-order valence-electron chi connectivity index (χ0n) is 11.1. The van der Waals surface area contributed by atoms with E-state index in [0.29, 0.717) is 0 Å². The third kappa shape index (κ3) is 3.11. The Morgan fingerprint density at radius 1 is 1.35 bits per heavy atom. The van der Waals surface area contributed by atoms with E-state index in [1.54, 1.807) is 0 Å². The van der Waals surface area contributed by atoms with Gasteiger partial charge in [0.25, 0.3) is 0 Å². The Labute approximate surface area is 114 Å². The number of esters is 2. The van der Waals surface area contributed by atoms with Crippen molar-refractivity contribution in [3.63, 3.8) is 0 Å². The van der Waals surface area contributed by atoms with Gasteiger partial charge in [-0.2, -0.15) is 8.78 Å². The van der Waals surface area contributed by atoms with Gasteiger partial charge in [-0.15, -0.1) is 0 Å². The third-order valence-electron chi connectivity index (χ3n) is 2.64. The van der Waals surface area contributed by atoms with E-state index in [9.17, 15) is 18.4 Å². The lowest BCUT2D eigenvalue weighted by Gasteiger charge is -2.23. The number of carbonyl (C=O) groups excluding carboxylic acids is 2. The molecule has 110 valence electrons. The quantitative estimate of drug-likeness (QED) is 0.833. The first kappa shape index (κ1) is 16.0. The van der Waals surface area contributed by atoms with Gasteiger partial charge in [-0.3, -0.25) is 0 Å². The molecule has 0 bridgehead atoms. The Hall–Kier alpha value is -2.02. The van der Waals surface area contributed by atoms with E-state index in [0.717, 1.165) is 7.11 Å². The SMILES string of the molecule is CCOC(=O)C(F)(F)[C@H](N)c1ccccc1C(=O)OC. The van der Waals surface area contributed by atoms with Crippen LogP contribution in [0.25, 0.3) is 0 Å². The van der Waals surface area contributed by atoms with Gasteiger partial charge in [-0.25, -0.2) is 9.59 Å². The van der Waals surface area contributed by atoms with Gasteiger partial charge in [0.2, 0.25) is 0 Å². The van der Waals surface area contributed by atoms with Gasteiger partial charge < -0.3 is 15.2 Å². The fourth-order valence-corrected chi connectivity index (χ4v) is 1.61. The summed E-state index contributed by atoms with van der Waals surface area (Å²) in [6.07, 6.45) is 0. The number of rotatable bonds is 5. The van der Waals surface area contributed by atoms with Crippen molar-refractivity contribution in [3.05, 3.63) is 35.4 Å². The Morgan fingerprint density at radius 2 is 1.95 bits per heavy atom. The molecule has 20 heavy (non-hydrogen) atoms. The lowest BCUT2D eigenvalue weighted by molar-refractivity contribution is -0.174. The topological polar surface area (TPSA) is 78.6 Å². The monoisotopic (exact) mass is 287 g/mol. The summed E-state index contributed by atoms with van der Waals surface area (Å²) in [6.45, 7) is 1.21. The number of hydrogen-bond acceptors (Lipinski definition) is 5. The maximum atomic E-state index is 13.9. The van der Waals surface area contributed by atoms with Crippen molar-refractivity contribution in [1.82, 2.24) is 0 Å². The standard InChI is InChI=1S/C13H15F2NO4/c1-3-20-12(18)13(14,15)10(16)8-6-4-5-7-9(8)11(17)19-2/h4-7,10H,3,16H2,1-2H3/t10-/m1/s1. The second-order valence-electron chi connectivity index (χ2n) is 3.90. The average molecular weight is 287 g/mol. The predicted molar refractivity (Wildman–Crippen MR) is 66.3 cm³/mol. The fraction of sp³-hybridized carbons (Fsp3) is 0.385. The van der Waals surface area contributed by atoms with Crippen LogP contribution in [0.1, 0.15) is 28.9 Å². The molecule has 1 aromatic carbocycles. The Bertz CT molecular complexity index is 505. The summed E-state index contributed by atoms with van der Waals surface area (Å²) in [5, 5.41) is 0. The third-order valence-corrected chi connectivity index (χ3v) is 2.64. The van der Waals surface area contributed by atoms with E-state index < -0.39 is 23.9 Å². The number of alkyl halides is 2. The summed E-state index contributed by atoms with van der Waals surface area (Å²) in [6, 6.07) is 3.44. The molecule has 0 aliphatic carbocycles. The van der Waals surface area contributed by atoms with E-state index in [2.05, 4.69) is 9.47 Å². The molecule has 0 unspecified atom stereocenters. The summed E-state index contributed by atoms with van der Waals surface area (Å²) in [4.78, 5) is 22.8. The zero-order chi connectivity index (χ0) is 15.3. The molecule has 0 aliphatic heterocycles.